The van der Waals surface area contributed by atoms with E-state index in [0.717, 1.165) is 34.6 Å². The number of benzene rings is 2. The standard InChI is InChI=1S/C27H31F2N5O2/c28-24-3-1-11-33(24)13-9-26(35)30-20-7-5-18-15-19-6-8-21(17-23(19)32-22(18)16-20)31-27(36)10-14-34-12-2-4-25(34)29/h5-8,15-17,24-25H,1-4,9-14H2,(H,30,35)(H,31,36)/t24-,25-/m1/s1. The summed E-state index contributed by atoms with van der Waals surface area (Å²) in [5.41, 5.74) is 2.70. The van der Waals surface area contributed by atoms with Crippen molar-refractivity contribution in [1.29, 1.82) is 0 Å². The molecule has 7 nitrogen and oxygen atoms in total. The van der Waals surface area contributed by atoms with E-state index in [4.69, 9.17) is 4.98 Å². The molecular formula is C27H31F2N5O2. The maximum atomic E-state index is 13.7. The number of rotatable bonds is 8. The van der Waals surface area contributed by atoms with Crippen LogP contribution in [0, 0.1) is 0 Å². The lowest BCUT2D eigenvalue weighted by atomic mass is 10.1. The van der Waals surface area contributed by atoms with Crippen molar-refractivity contribution in [3.63, 3.8) is 0 Å². The van der Waals surface area contributed by atoms with E-state index in [2.05, 4.69) is 10.6 Å². The Labute approximate surface area is 208 Å². The Hall–Kier alpha value is -3.17. The number of carbonyl (C=O) groups excluding carboxylic acids is 2. The van der Waals surface area contributed by atoms with Gasteiger partial charge < -0.3 is 10.6 Å². The number of hydrogen-bond acceptors (Lipinski definition) is 5. The lowest BCUT2D eigenvalue weighted by Crippen LogP contribution is -2.29. The van der Waals surface area contributed by atoms with E-state index in [1.54, 1.807) is 9.80 Å². The van der Waals surface area contributed by atoms with E-state index in [-0.39, 0.29) is 24.7 Å². The number of carbonyl (C=O) groups is 2. The minimum Gasteiger partial charge on any atom is -0.326 e. The highest BCUT2D eigenvalue weighted by Crippen LogP contribution is 2.25. The van der Waals surface area contributed by atoms with Crippen LogP contribution in [0.5, 0.6) is 0 Å². The molecule has 0 aliphatic carbocycles. The first-order valence-electron chi connectivity index (χ1n) is 12.7. The van der Waals surface area contributed by atoms with Crippen LogP contribution in [0.1, 0.15) is 38.5 Å². The van der Waals surface area contributed by atoms with Crippen molar-refractivity contribution in [1.82, 2.24) is 14.8 Å². The maximum Gasteiger partial charge on any atom is 0.225 e. The molecule has 0 radical (unpaired) electrons. The van der Waals surface area contributed by atoms with Crippen molar-refractivity contribution in [2.75, 3.05) is 36.8 Å². The number of anilines is 2. The Morgan fingerprint density at radius 3 is 1.67 bits per heavy atom. The fourth-order valence-corrected chi connectivity index (χ4v) is 4.99. The number of fused-ring (bicyclic) bond motifs is 2. The van der Waals surface area contributed by atoms with Crippen LogP contribution in [0.3, 0.4) is 0 Å². The van der Waals surface area contributed by atoms with E-state index in [9.17, 15) is 18.4 Å². The Morgan fingerprint density at radius 2 is 1.25 bits per heavy atom. The minimum atomic E-state index is -0.946. The third-order valence-electron chi connectivity index (χ3n) is 7.00. The fourth-order valence-electron chi connectivity index (χ4n) is 4.99. The zero-order chi connectivity index (χ0) is 25.1. The number of halogens is 2. The van der Waals surface area contributed by atoms with Gasteiger partial charge in [0.1, 0.15) is 0 Å². The molecule has 0 saturated carbocycles. The first-order chi connectivity index (χ1) is 17.4. The minimum absolute atomic E-state index is 0.160. The second-order valence-electron chi connectivity index (χ2n) is 9.63. The van der Waals surface area contributed by atoms with E-state index in [0.29, 0.717) is 50.4 Å². The third-order valence-corrected chi connectivity index (χ3v) is 7.00. The highest BCUT2D eigenvalue weighted by atomic mass is 19.1. The molecule has 0 unspecified atom stereocenters. The second-order valence-corrected chi connectivity index (χ2v) is 9.63. The lowest BCUT2D eigenvalue weighted by Gasteiger charge is -2.17. The number of alkyl halides is 2. The maximum absolute atomic E-state index is 13.7. The molecule has 36 heavy (non-hydrogen) atoms. The topological polar surface area (TPSA) is 77.6 Å². The molecule has 3 aromatic rings. The summed E-state index contributed by atoms with van der Waals surface area (Å²) < 4.78 is 27.5. The average molecular weight is 496 g/mol. The molecule has 2 aromatic carbocycles. The number of hydrogen-bond donors (Lipinski definition) is 2. The molecule has 0 bridgehead atoms. The van der Waals surface area contributed by atoms with Gasteiger partial charge in [-0.05, 0) is 56.0 Å². The smallest absolute Gasteiger partial charge is 0.225 e. The van der Waals surface area contributed by atoms with Crippen molar-refractivity contribution < 1.29 is 18.4 Å². The fraction of sp³-hybridized carbons (Fsp3) is 0.444. The van der Waals surface area contributed by atoms with Crippen LogP contribution in [0.2, 0.25) is 0 Å². The van der Waals surface area contributed by atoms with Gasteiger partial charge in [0, 0.05) is 61.2 Å². The summed E-state index contributed by atoms with van der Waals surface area (Å²) in [7, 11) is 0. The number of amides is 2. The van der Waals surface area contributed by atoms with Gasteiger partial charge >= 0.3 is 0 Å². The number of nitrogens with zero attached hydrogens (tertiary/aromatic N) is 3. The van der Waals surface area contributed by atoms with Crippen molar-refractivity contribution in [2.45, 2.75) is 51.1 Å². The van der Waals surface area contributed by atoms with Gasteiger partial charge in [0.05, 0.1) is 11.0 Å². The largest absolute Gasteiger partial charge is 0.326 e. The molecule has 9 heteroatoms. The van der Waals surface area contributed by atoms with Gasteiger partial charge in [-0.1, -0.05) is 12.1 Å². The van der Waals surface area contributed by atoms with Crippen molar-refractivity contribution >= 4 is 45.0 Å². The van der Waals surface area contributed by atoms with Gasteiger partial charge in [-0.25, -0.2) is 13.8 Å². The second kappa shape index (κ2) is 10.8. The van der Waals surface area contributed by atoms with Crippen LogP contribution in [0.25, 0.3) is 21.8 Å². The quantitative estimate of drug-likeness (QED) is 0.346. The third kappa shape index (κ3) is 5.79. The molecule has 1 aromatic heterocycles. The van der Waals surface area contributed by atoms with Crippen LogP contribution >= 0.6 is 0 Å². The summed E-state index contributed by atoms with van der Waals surface area (Å²) in [4.78, 5) is 32.9. The molecule has 2 N–H and O–H groups in total. The van der Waals surface area contributed by atoms with Crippen molar-refractivity contribution in [2.24, 2.45) is 0 Å². The van der Waals surface area contributed by atoms with Crippen molar-refractivity contribution in [3.05, 3.63) is 42.5 Å². The molecule has 0 spiro atoms. The SMILES string of the molecule is O=C(CCN1CCC[C@@H]1F)Nc1ccc2cc3ccc(NC(=O)CCN4CCC[C@@H]4F)cc3nc2c1. The summed E-state index contributed by atoms with van der Waals surface area (Å²) >= 11 is 0. The van der Waals surface area contributed by atoms with E-state index in [1.165, 1.54) is 0 Å². The van der Waals surface area contributed by atoms with Crippen LogP contribution < -0.4 is 10.6 Å². The first kappa shape index (κ1) is 24.5. The van der Waals surface area contributed by atoms with Gasteiger partial charge in [0.2, 0.25) is 11.8 Å². The molecule has 2 aliphatic heterocycles. The zero-order valence-electron chi connectivity index (χ0n) is 20.2. The molecule has 2 atom stereocenters. The van der Waals surface area contributed by atoms with E-state index >= 15 is 0 Å². The summed E-state index contributed by atoms with van der Waals surface area (Å²) in [6.07, 6.45) is 1.31. The average Bonchev–Trinajstić information content (AvgIpc) is 3.47. The lowest BCUT2D eigenvalue weighted by molar-refractivity contribution is -0.117. The summed E-state index contributed by atoms with van der Waals surface area (Å²) in [6.45, 7) is 2.20. The first-order valence-corrected chi connectivity index (χ1v) is 12.7. The van der Waals surface area contributed by atoms with Crippen LogP contribution in [-0.2, 0) is 9.59 Å². The molecule has 3 heterocycles. The van der Waals surface area contributed by atoms with Gasteiger partial charge in [0.15, 0.2) is 12.6 Å². The predicted octanol–water partition coefficient (Wildman–Crippen LogP) is 4.83. The van der Waals surface area contributed by atoms with Gasteiger partial charge in [0.25, 0.3) is 0 Å². The van der Waals surface area contributed by atoms with E-state index < -0.39 is 12.6 Å². The van der Waals surface area contributed by atoms with Gasteiger partial charge in [-0.3, -0.25) is 19.4 Å². The Morgan fingerprint density at radius 1 is 0.778 bits per heavy atom. The van der Waals surface area contributed by atoms with Crippen LogP contribution in [-0.4, -0.2) is 65.4 Å². The van der Waals surface area contributed by atoms with Gasteiger partial charge in [-0.15, -0.1) is 0 Å². The normalized spacial score (nSPS) is 20.8. The molecule has 5 rings (SSSR count). The molecule has 190 valence electrons. The number of aromatic nitrogens is 1. The summed E-state index contributed by atoms with van der Waals surface area (Å²) in [5, 5.41) is 7.63. The highest BCUT2D eigenvalue weighted by molar-refractivity contribution is 5.99. The predicted molar refractivity (Wildman–Crippen MR) is 137 cm³/mol. The van der Waals surface area contributed by atoms with Crippen LogP contribution in [0.4, 0.5) is 20.2 Å². The summed E-state index contributed by atoms with van der Waals surface area (Å²) in [5.74, 6) is -0.320. The Balaban J connectivity index is 1.23. The van der Waals surface area contributed by atoms with Gasteiger partial charge in [-0.2, -0.15) is 0 Å². The zero-order valence-corrected chi connectivity index (χ0v) is 20.2. The molecule has 2 aliphatic rings. The Kier molecular flexibility index (Phi) is 7.38. The molecule has 2 amide bonds. The van der Waals surface area contributed by atoms with Crippen LogP contribution in [0.15, 0.2) is 42.5 Å². The number of pyridine rings is 1. The molecule has 2 fully saturated rings. The monoisotopic (exact) mass is 495 g/mol. The summed E-state index contributed by atoms with van der Waals surface area (Å²) in [6, 6.07) is 13.1. The molecule has 2 saturated heterocycles. The highest BCUT2D eigenvalue weighted by Gasteiger charge is 2.24. The Bertz CT molecular complexity index is 1180. The molecular weight excluding hydrogens is 464 g/mol. The van der Waals surface area contributed by atoms with Crippen molar-refractivity contribution in [3.8, 4) is 0 Å². The van der Waals surface area contributed by atoms with E-state index in [1.807, 2.05) is 42.5 Å². The number of likely N-dealkylation sites (tertiary alicyclic amines) is 2. The number of nitrogens with one attached hydrogen (secondary N) is 2.